The average molecular weight is 243 g/mol. The van der Waals surface area contributed by atoms with E-state index >= 15 is 0 Å². The number of aromatic nitrogens is 2. The molecule has 1 aromatic heterocycles. The summed E-state index contributed by atoms with van der Waals surface area (Å²) < 4.78 is 2.15. The van der Waals surface area contributed by atoms with Crippen LogP contribution >= 0.6 is 0 Å². The first-order valence-electron chi connectivity index (χ1n) is 6.89. The van der Waals surface area contributed by atoms with Crippen LogP contribution in [0, 0.1) is 6.92 Å². The van der Waals surface area contributed by atoms with Crippen molar-refractivity contribution in [1.82, 2.24) is 14.9 Å². The van der Waals surface area contributed by atoms with Crippen LogP contribution in [-0.4, -0.2) is 22.1 Å². The molecule has 2 aromatic rings. The Morgan fingerprint density at radius 1 is 1.39 bits per heavy atom. The Labute approximate surface area is 108 Å². The highest BCUT2D eigenvalue weighted by atomic mass is 15.0. The molecule has 0 spiro atoms. The monoisotopic (exact) mass is 243 g/mol. The summed E-state index contributed by atoms with van der Waals surface area (Å²) in [5, 5.41) is 3.56. The Balaban J connectivity index is 1.64. The summed E-state index contributed by atoms with van der Waals surface area (Å²) in [5.41, 5.74) is 3.76. The van der Waals surface area contributed by atoms with Crippen molar-refractivity contribution >= 4 is 11.0 Å². The largest absolute Gasteiger partial charge is 0.331 e. The summed E-state index contributed by atoms with van der Waals surface area (Å²) in [6.45, 7) is 3.20. The molecular weight excluding hydrogens is 222 g/mol. The second kappa shape index (κ2) is 4.73. The molecule has 3 nitrogen and oxygen atoms in total. The lowest BCUT2D eigenvalue weighted by Gasteiger charge is -2.03. The summed E-state index contributed by atoms with van der Waals surface area (Å²) in [5.74, 6) is 1.08. The van der Waals surface area contributed by atoms with Crippen molar-refractivity contribution in [3.8, 4) is 0 Å². The van der Waals surface area contributed by atoms with Gasteiger partial charge in [0.2, 0.25) is 0 Å². The molecule has 1 saturated carbocycles. The van der Waals surface area contributed by atoms with E-state index in [-0.39, 0.29) is 0 Å². The molecule has 1 heterocycles. The number of fused-ring (bicyclic) bond motifs is 1. The minimum absolute atomic E-state index is 0.825. The predicted octanol–water partition coefficient (Wildman–Crippen LogP) is 2.57. The van der Waals surface area contributed by atoms with E-state index < -0.39 is 0 Å². The molecule has 3 heteroatoms. The number of aryl methyl sites for hydroxylation is 3. The molecule has 0 amide bonds. The van der Waals surface area contributed by atoms with Gasteiger partial charge < -0.3 is 9.88 Å². The van der Waals surface area contributed by atoms with Crippen molar-refractivity contribution in [3.05, 3.63) is 29.6 Å². The number of hydrogen-bond donors (Lipinski definition) is 1. The molecule has 1 N–H and O–H groups in total. The normalized spacial score (nSPS) is 15.4. The average Bonchev–Trinajstić information content (AvgIpc) is 3.14. The van der Waals surface area contributed by atoms with Crippen molar-refractivity contribution in [2.75, 3.05) is 6.54 Å². The zero-order valence-electron chi connectivity index (χ0n) is 11.2. The van der Waals surface area contributed by atoms with Crippen LogP contribution in [0.2, 0.25) is 0 Å². The first-order chi connectivity index (χ1) is 8.74. The molecule has 3 rings (SSSR count). The fourth-order valence-corrected chi connectivity index (χ4v) is 2.41. The van der Waals surface area contributed by atoms with Gasteiger partial charge in [-0.2, -0.15) is 0 Å². The zero-order valence-corrected chi connectivity index (χ0v) is 11.2. The fourth-order valence-electron chi connectivity index (χ4n) is 2.41. The maximum atomic E-state index is 4.59. The van der Waals surface area contributed by atoms with Crippen LogP contribution in [0.15, 0.2) is 18.2 Å². The highest BCUT2D eigenvalue weighted by Crippen LogP contribution is 2.19. The molecule has 1 aliphatic carbocycles. The van der Waals surface area contributed by atoms with Crippen molar-refractivity contribution < 1.29 is 0 Å². The summed E-state index contributed by atoms with van der Waals surface area (Å²) in [6, 6.07) is 7.49. The lowest BCUT2D eigenvalue weighted by Crippen LogP contribution is -2.17. The number of rotatable bonds is 5. The van der Waals surface area contributed by atoms with E-state index in [1.54, 1.807) is 0 Å². The summed E-state index contributed by atoms with van der Waals surface area (Å²) >= 11 is 0. The lowest BCUT2D eigenvalue weighted by atomic mass is 10.1. The second-order valence-electron chi connectivity index (χ2n) is 5.37. The molecule has 96 valence electrons. The summed E-state index contributed by atoms with van der Waals surface area (Å²) in [7, 11) is 2.07. The third-order valence-electron chi connectivity index (χ3n) is 3.82. The van der Waals surface area contributed by atoms with Crippen molar-refractivity contribution in [3.63, 3.8) is 0 Å². The molecule has 0 atom stereocenters. The van der Waals surface area contributed by atoms with Gasteiger partial charge in [0.15, 0.2) is 0 Å². The van der Waals surface area contributed by atoms with Gasteiger partial charge in [-0.05, 0) is 56.8 Å². The van der Waals surface area contributed by atoms with Gasteiger partial charge in [0.1, 0.15) is 5.82 Å². The SMILES string of the molecule is Cc1nc2cc(CCCNC3CC3)ccc2n1C. The van der Waals surface area contributed by atoms with Crippen LogP contribution < -0.4 is 5.32 Å². The van der Waals surface area contributed by atoms with E-state index in [4.69, 9.17) is 0 Å². The Morgan fingerprint density at radius 3 is 3.00 bits per heavy atom. The van der Waals surface area contributed by atoms with Crippen molar-refractivity contribution in [2.24, 2.45) is 7.05 Å². The number of imidazole rings is 1. The molecule has 1 aromatic carbocycles. The molecule has 1 fully saturated rings. The van der Waals surface area contributed by atoms with Gasteiger partial charge in [0, 0.05) is 13.1 Å². The minimum Gasteiger partial charge on any atom is -0.331 e. The molecule has 0 bridgehead atoms. The van der Waals surface area contributed by atoms with E-state index in [9.17, 15) is 0 Å². The smallest absolute Gasteiger partial charge is 0.106 e. The third kappa shape index (κ3) is 2.41. The van der Waals surface area contributed by atoms with Crippen LogP contribution in [0.1, 0.15) is 30.7 Å². The van der Waals surface area contributed by atoms with Gasteiger partial charge in [-0.3, -0.25) is 0 Å². The molecule has 0 aliphatic heterocycles. The van der Waals surface area contributed by atoms with Crippen LogP contribution in [0.25, 0.3) is 11.0 Å². The Hall–Kier alpha value is -1.35. The number of nitrogens with one attached hydrogen (secondary N) is 1. The van der Waals surface area contributed by atoms with Crippen LogP contribution in [0.4, 0.5) is 0 Å². The standard InChI is InChI=1S/C15H21N3/c1-11-17-14-10-12(5-8-15(14)18(11)2)4-3-9-16-13-6-7-13/h5,8,10,13,16H,3-4,6-7,9H2,1-2H3. The van der Waals surface area contributed by atoms with Gasteiger partial charge in [0.25, 0.3) is 0 Å². The van der Waals surface area contributed by atoms with E-state index in [0.717, 1.165) is 30.3 Å². The predicted molar refractivity (Wildman–Crippen MR) is 74.8 cm³/mol. The molecule has 0 unspecified atom stereocenters. The Bertz CT molecular complexity index is 552. The van der Waals surface area contributed by atoms with E-state index in [1.807, 2.05) is 0 Å². The molecule has 0 saturated heterocycles. The van der Waals surface area contributed by atoms with Crippen molar-refractivity contribution in [1.29, 1.82) is 0 Å². The quantitative estimate of drug-likeness (QED) is 0.818. The van der Waals surface area contributed by atoms with Gasteiger partial charge in [-0.15, -0.1) is 0 Å². The Kier molecular flexibility index (Phi) is 3.08. The van der Waals surface area contributed by atoms with Crippen LogP contribution in [0.3, 0.4) is 0 Å². The summed E-state index contributed by atoms with van der Waals surface area (Å²) in [6.07, 6.45) is 5.11. The van der Waals surface area contributed by atoms with Crippen molar-refractivity contribution in [2.45, 2.75) is 38.6 Å². The van der Waals surface area contributed by atoms with Gasteiger partial charge in [-0.1, -0.05) is 6.07 Å². The number of hydrogen-bond acceptors (Lipinski definition) is 2. The van der Waals surface area contributed by atoms with E-state index in [2.05, 4.69) is 47.0 Å². The van der Waals surface area contributed by atoms with Crippen LogP contribution in [0.5, 0.6) is 0 Å². The second-order valence-corrected chi connectivity index (χ2v) is 5.37. The van der Waals surface area contributed by atoms with Gasteiger partial charge in [0.05, 0.1) is 11.0 Å². The molecular formula is C15H21N3. The maximum absolute atomic E-state index is 4.59. The lowest BCUT2D eigenvalue weighted by molar-refractivity contribution is 0.646. The highest BCUT2D eigenvalue weighted by Gasteiger charge is 2.19. The zero-order chi connectivity index (χ0) is 12.5. The first kappa shape index (κ1) is 11.7. The molecule has 0 radical (unpaired) electrons. The number of benzene rings is 1. The maximum Gasteiger partial charge on any atom is 0.106 e. The molecule has 18 heavy (non-hydrogen) atoms. The Morgan fingerprint density at radius 2 is 2.22 bits per heavy atom. The highest BCUT2D eigenvalue weighted by molar-refractivity contribution is 5.76. The van der Waals surface area contributed by atoms with E-state index in [1.165, 1.54) is 30.3 Å². The van der Waals surface area contributed by atoms with Crippen LogP contribution in [-0.2, 0) is 13.5 Å². The van der Waals surface area contributed by atoms with Gasteiger partial charge >= 0.3 is 0 Å². The van der Waals surface area contributed by atoms with E-state index in [0.29, 0.717) is 0 Å². The third-order valence-corrected chi connectivity index (χ3v) is 3.82. The fraction of sp³-hybridized carbons (Fsp3) is 0.533. The first-order valence-corrected chi connectivity index (χ1v) is 6.89. The topological polar surface area (TPSA) is 29.9 Å². The minimum atomic E-state index is 0.825. The molecule has 1 aliphatic rings. The van der Waals surface area contributed by atoms with Gasteiger partial charge in [-0.25, -0.2) is 4.98 Å². The number of nitrogens with zero attached hydrogens (tertiary/aromatic N) is 2. The summed E-state index contributed by atoms with van der Waals surface area (Å²) in [4.78, 5) is 4.59.